The number of nitrogens with one attached hydrogen (secondary N) is 1. The highest BCUT2D eigenvalue weighted by Gasteiger charge is 2.21. The zero-order chi connectivity index (χ0) is 16.1. The average Bonchev–Trinajstić information content (AvgIpc) is 2.55. The number of hydrogen-bond acceptors (Lipinski definition) is 4. The molecule has 1 saturated heterocycles. The molecule has 1 aromatic rings. The van der Waals surface area contributed by atoms with Gasteiger partial charge in [0.1, 0.15) is 0 Å². The van der Waals surface area contributed by atoms with Crippen LogP contribution in [0.1, 0.15) is 10.4 Å². The van der Waals surface area contributed by atoms with E-state index in [2.05, 4.69) is 5.32 Å². The fraction of sp³-hybridized carbons (Fsp3) is 0.467. The van der Waals surface area contributed by atoms with Gasteiger partial charge in [0.05, 0.1) is 13.7 Å². The number of methoxy groups -OCH3 is 1. The Morgan fingerprint density at radius 2 is 2.05 bits per heavy atom. The molecule has 0 saturated carbocycles. The second-order valence-corrected chi connectivity index (χ2v) is 5.14. The predicted molar refractivity (Wildman–Crippen MR) is 79.4 cm³/mol. The van der Waals surface area contributed by atoms with Crippen molar-refractivity contribution < 1.29 is 18.7 Å². The minimum atomic E-state index is -0.529. The molecule has 0 aromatic heterocycles. The monoisotopic (exact) mass is 309 g/mol. The summed E-state index contributed by atoms with van der Waals surface area (Å²) >= 11 is 0. The summed E-state index contributed by atoms with van der Waals surface area (Å²) in [7, 11) is 2.89. The summed E-state index contributed by atoms with van der Waals surface area (Å²) in [6, 6.07) is 3.90. The number of benzene rings is 1. The van der Waals surface area contributed by atoms with Gasteiger partial charge in [-0.1, -0.05) is 0 Å². The first-order valence-electron chi connectivity index (χ1n) is 7.10. The number of carbonyl (C=O) groups excluding carboxylic acids is 2. The molecule has 0 atom stereocenters. The predicted octanol–water partition coefficient (Wildman–Crippen LogP) is 0.338. The number of halogens is 1. The van der Waals surface area contributed by atoms with Crippen molar-refractivity contribution in [3.05, 3.63) is 29.6 Å². The fourth-order valence-electron chi connectivity index (χ4n) is 2.30. The van der Waals surface area contributed by atoms with Crippen molar-refractivity contribution >= 4 is 11.8 Å². The molecule has 0 unspecified atom stereocenters. The van der Waals surface area contributed by atoms with E-state index in [0.29, 0.717) is 13.1 Å². The van der Waals surface area contributed by atoms with Gasteiger partial charge >= 0.3 is 0 Å². The van der Waals surface area contributed by atoms with Crippen molar-refractivity contribution in [2.75, 3.05) is 46.9 Å². The average molecular weight is 309 g/mol. The van der Waals surface area contributed by atoms with Gasteiger partial charge in [-0.05, 0) is 18.2 Å². The van der Waals surface area contributed by atoms with E-state index in [4.69, 9.17) is 4.74 Å². The maximum atomic E-state index is 13.4. The van der Waals surface area contributed by atoms with Crippen molar-refractivity contribution in [2.45, 2.75) is 0 Å². The zero-order valence-corrected chi connectivity index (χ0v) is 12.8. The Kier molecular flexibility index (Phi) is 5.32. The van der Waals surface area contributed by atoms with Gasteiger partial charge in [0, 0.05) is 38.8 Å². The molecule has 1 aliphatic rings. The molecule has 120 valence electrons. The minimum absolute atomic E-state index is 0.00146. The van der Waals surface area contributed by atoms with Gasteiger partial charge in [-0.15, -0.1) is 0 Å². The lowest BCUT2D eigenvalue weighted by Crippen LogP contribution is -2.49. The van der Waals surface area contributed by atoms with Gasteiger partial charge in [0.15, 0.2) is 11.6 Å². The Balaban J connectivity index is 2.00. The first-order valence-corrected chi connectivity index (χ1v) is 7.10. The summed E-state index contributed by atoms with van der Waals surface area (Å²) in [4.78, 5) is 27.5. The molecule has 7 heteroatoms. The number of hydrogen-bond donors (Lipinski definition) is 1. The Morgan fingerprint density at radius 3 is 2.68 bits per heavy atom. The van der Waals surface area contributed by atoms with E-state index in [-0.39, 0.29) is 29.7 Å². The normalized spacial score (nSPS) is 14.6. The molecule has 2 rings (SSSR count). The Hall–Kier alpha value is -2.15. The highest BCUT2D eigenvalue weighted by molar-refractivity contribution is 5.96. The second-order valence-electron chi connectivity index (χ2n) is 5.14. The summed E-state index contributed by atoms with van der Waals surface area (Å²) in [6.07, 6.45) is 0. The summed E-state index contributed by atoms with van der Waals surface area (Å²) < 4.78 is 18.2. The molecular weight excluding hydrogens is 289 g/mol. The minimum Gasteiger partial charge on any atom is -0.494 e. The van der Waals surface area contributed by atoms with Crippen LogP contribution in [0, 0.1) is 5.82 Å². The van der Waals surface area contributed by atoms with Crippen LogP contribution in [0.3, 0.4) is 0 Å². The molecule has 1 N–H and O–H groups in total. The number of rotatable bonds is 4. The van der Waals surface area contributed by atoms with Gasteiger partial charge < -0.3 is 19.9 Å². The van der Waals surface area contributed by atoms with Crippen LogP contribution in [0.2, 0.25) is 0 Å². The van der Waals surface area contributed by atoms with E-state index >= 15 is 0 Å². The third-order valence-electron chi connectivity index (χ3n) is 3.59. The molecule has 0 aliphatic carbocycles. The van der Waals surface area contributed by atoms with Crippen molar-refractivity contribution in [3.8, 4) is 5.75 Å². The molecule has 1 aliphatic heterocycles. The van der Waals surface area contributed by atoms with Crippen molar-refractivity contribution in [2.24, 2.45) is 0 Å². The molecule has 0 bridgehead atoms. The lowest BCUT2D eigenvalue weighted by atomic mass is 10.2. The summed E-state index contributed by atoms with van der Waals surface area (Å²) in [6.45, 7) is 2.81. The van der Waals surface area contributed by atoms with E-state index in [1.54, 1.807) is 11.9 Å². The first kappa shape index (κ1) is 16.2. The summed E-state index contributed by atoms with van der Waals surface area (Å²) in [5.41, 5.74) is 0.286. The van der Waals surface area contributed by atoms with Gasteiger partial charge in [-0.25, -0.2) is 4.39 Å². The first-order chi connectivity index (χ1) is 10.5. The van der Waals surface area contributed by atoms with Crippen LogP contribution in [0.15, 0.2) is 18.2 Å². The molecule has 6 nitrogen and oxygen atoms in total. The number of ether oxygens (including phenoxy) is 1. The highest BCUT2D eigenvalue weighted by Crippen LogP contribution is 2.19. The topological polar surface area (TPSA) is 61.9 Å². The smallest absolute Gasteiger partial charge is 0.254 e. The number of carbonyl (C=O) groups is 2. The van der Waals surface area contributed by atoms with Gasteiger partial charge in [0.2, 0.25) is 5.91 Å². The zero-order valence-electron chi connectivity index (χ0n) is 12.8. The van der Waals surface area contributed by atoms with Gasteiger partial charge in [0.25, 0.3) is 5.91 Å². The van der Waals surface area contributed by atoms with Crippen molar-refractivity contribution in [3.63, 3.8) is 0 Å². The fourth-order valence-corrected chi connectivity index (χ4v) is 2.30. The number of nitrogens with zero attached hydrogens (tertiary/aromatic N) is 2. The number of amides is 2. The third kappa shape index (κ3) is 3.73. The molecule has 0 radical (unpaired) electrons. The van der Waals surface area contributed by atoms with E-state index in [9.17, 15) is 14.0 Å². The van der Waals surface area contributed by atoms with E-state index in [1.807, 2.05) is 0 Å². The molecule has 0 spiro atoms. The van der Waals surface area contributed by atoms with Crippen LogP contribution in [0.5, 0.6) is 5.75 Å². The van der Waals surface area contributed by atoms with E-state index in [0.717, 1.165) is 13.1 Å². The molecule has 22 heavy (non-hydrogen) atoms. The Morgan fingerprint density at radius 1 is 1.36 bits per heavy atom. The second kappa shape index (κ2) is 7.22. The van der Waals surface area contributed by atoms with E-state index in [1.165, 1.54) is 30.2 Å². The van der Waals surface area contributed by atoms with Gasteiger partial charge in [-0.3, -0.25) is 9.59 Å². The SMILES string of the molecule is COc1cc(C(=O)N(C)CC(=O)N2CCNCC2)ccc1F. The largest absolute Gasteiger partial charge is 0.494 e. The number of piperazine rings is 1. The van der Waals surface area contributed by atoms with Crippen LogP contribution in [0.4, 0.5) is 4.39 Å². The molecule has 1 aromatic carbocycles. The highest BCUT2D eigenvalue weighted by atomic mass is 19.1. The summed E-state index contributed by atoms with van der Waals surface area (Å²) in [5.74, 6) is -0.959. The Labute approximate surface area is 128 Å². The maximum Gasteiger partial charge on any atom is 0.254 e. The molecule has 1 heterocycles. The maximum absolute atomic E-state index is 13.4. The molecular formula is C15H20FN3O3. The number of likely N-dealkylation sites (N-methyl/N-ethyl adjacent to an activating group) is 1. The quantitative estimate of drug-likeness (QED) is 0.871. The van der Waals surface area contributed by atoms with Gasteiger partial charge in [-0.2, -0.15) is 0 Å². The van der Waals surface area contributed by atoms with Crippen LogP contribution in [-0.2, 0) is 4.79 Å². The Bertz CT molecular complexity index is 559. The van der Waals surface area contributed by atoms with Crippen molar-refractivity contribution in [1.82, 2.24) is 15.1 Å². The third-order valence-corrected chi connectivity index (χ3v) is 3.59. The van der Waals surface area contributed by atoms with Crippen LogP contribution in [-0.4, -0.2) is 68.5 Å². The molecule has 1 fully saturated rings. The van der Waals surface area contributed by atoms with E-state index < -0.39 is 5.82 Å². The lowest BCUT2D eigenvalue weighted by Gasteiger charge is -2.29. The van der Waals surface area contributed by atoms with Crippen LogP contribution >= 0.6 is 0 Å². The van der Waals surface area contributed by atoms with Crippen LogP contribution < -0.4 is 10.1 Å². The summed E-state index contributed by atoms with van der Waals surface area (Å²) in [5, 5.41) is 3.17. The molecule has 2 amide bonds. The van der Waals surface area contributed by atoms with Crippen LogP contribution in [0.25, 0.3) is 0 Å². The standard InChI is InChI=1S/C15H20FN3O3/c1-18(10-14(20)19-7-5-17-6-8-19)15(21)11-3-4-12(16)13(9-11)22-2/h3-4,9,17H,5-8,10H2,1-2H3. The van der Waals surface area contributed by atoms with Crippen molar-refractivity contribution in [1.29, 1.82) is 0 Å². The lowest BCUT2D eigenvalue weighted by molar-refractivity contribution is -0.132.